The Labute approximate surface area is 123 Å². The highest BCUT2D eigenvalue weighted by molar-refractivity contribution is 7.11. The molecular weight excluding hydrogens is 292 g/mol. The number of hydrogen-bond donors (Lipinski definition) is 1. The van der Waals surface area contributed by atoms with Crippen molar-refractivity contribution in [3.8, 4) is 0 Å². The van der Waals surface area contributed by atoms with E-state index in [4.69, 9.17) is 4.42 Å². The molecule has 2 heterocycles. The van der Waals surface area contributed by atoms with Gasteiger partial charge in [-0.1, -0.05) is 0 Å². The summed E-state index contributed by atoms with van der Waals surface area (Å²) in [6.07, 6.45) is 1.81. The number of nitro groups is 1. The van der Waals surface area contributed by atoms with Crippen molar-refractivity contribution in [3.05, 3.63) is 44.4 Å². The largest absolute Gasteiger partial charge is 0.423 e. The van der Waals surface area contributed by atoms with Gasteiger partial charge in [-0.15, -0.1) is 11.3 Å². The van der Waals surface area contributed by atoms with E-state index in [1.165, 1.54) is 12.1 Å². The van der Waals surface area contributed by atoms with Crippen LogP contribution in [0.5, 0.6) is 0 Å². The third-order valence-corrected chi connectivity index (χ3v) is 4.03. The van der Waals surface area contributed by atoms with Crippen LogP contribution < -0.4 is 5.32 Å². The van der Waals surface area contributed by atoms with Crippen LogP contribution in [0, 0.1) is 17.0 Å². The third kappa shape index (κ3) is 2.70. The minimum Gasteiger partial charge on any atom is -0.423 e. The first kappa shape index (κ1) is 13.5. The van der Waals surface area contributed by atoms with Gasteiger partial charge in [-0.25, -0.2) is 4.98 Å². The molecule has 21 heavy (non-hydrogen) atoms. The van der Waals surface area contributed by atoms with Gasteiger partial charge in [0.1, 0.15) is 10.5 Å². The molecule has 3 rings (SSSR count). The summed E-state index contributed by atoms with van der Waals surface area (Å²) >= 11 is 1.60. The summed E-state index contributed by atoms with van der Waals surface area (Å²) < 4.78 is 5.51. The number of nitro benzene ring substituents is 1. The summed E-state index contributed by atoms with van der Waals surface area (Å²) in [7, 11) is 0. The molecule has 1 N–H and O–H groups in total. The molecule has 0 aliphatic heterocycles. The van der Waals surface area contributed by atoms with E-state index in [1.54, 1.807) is 17.4 Å². The van der Waals surface area contributed by atoms with Crippen LogP contribution in [0.3, 0.4) is 0 Å². The van der Waals surface area contributed by atoms with E-state index in [-0.39, 0.29) is 11.7 Å². The molecule has 7 nitrogen and oxygen atoms in total. The molecule has 1 aromatic carbocycles. The lowest BCUT2D eigenvalue weighted by atomic mass is 10.3. The molecule has 8 heteroatoms. The molecule has 1 atom stereocenters. The highest BCUT2D eigenvalue weighted by Gasteiger charge is 2.15. The first-order chi connectivity index (χ1) is 10.0. The van der Waals surface area contributed by atoms with Crippen molar-refractivity contribution in [2.75, 3.05) is 5.32 Å². The number of nitrogens with one attached hydrogen (secondary N) is 1. The number of hydrogen-bond acceptors (Lipinski definition) is 7. The minimum atomic E-state index is -0.462. The average molecular weight is 304 g/mol. The van der Waals surface area contributed by atoms with Crippen LogP contribution in [-0.4, -0.2) is 14.9 Å². The third-order valence-electron chi connectivity index (χ3n) is 2.93. The van der Waals surface area contributed by atoms with Gasteiger partial charge in [0.2, 0.25) is 0 Å². The fourth-order valence-electron chi connectivity index (χ4n) is 1.91. The second-order valence-electron chi connectivity index (χ2n) is 4.60. The maximum atomic E-state index is 10.7. The normalized spacial score (nSPS) is 12.5. The Bertz CT molecular complexity index is 811. The molecule has 0 radical (unpaired) electrons. The fourth-order valence-corrected chi connectivity index (χ4v) is 2.68. The summed E-state index contributed by atoms with van der Waals surface area (Å²) in [5.74, 6) is 0. The van der Waals surface area contributed by atoms with Crippen molar-refractivity contribution in [1.29, 1.82) is 0 Å². The smallest absolute Gasteiger partial charge is 0.296 e. The van der Waals surface area contributed by atoms with E-state index in [0.29, 0.717) is 17.1 Å². The van der Waals surface area contributed by atoms with Gasteiger partial charge in [-0.3, -0.25) is 10.1 Å². The zero-order chi connectivity index (χ0) is 15.0. The van der Waals surface area contributed by atoms with Crippen LogP contribution in [-0.2, 0) is 0 Å². The SMILES string of the molecule is Cc1cnc(C(C)Nc2nc3ccc([N+](=O)[O-])cc3o2)s1. The van der Waals surface area contributed by atoms with Gasteiger partial charge in [0, 0.05) is 17.1 Å². The van der Waals surface area contributed by atoms with Crippen LogP contribution in [0.4, 0.5) is 11.7 Å². The number of nitrogens with zero attached hydrogens (tertiary/aromatic N) is 3. The maximum Gasteiger partial charge on any atom is 0.296 e. The van der Waals surface area contributed by atoms with Crippen molar-refractivity contribution < 1.29 is 9.34 Å². The van der Waals surface area contributed by atoms with E-state index in [0.717, 1.165) is 9.88 Å². The minimum absolute atomic E-state index is 0.0196. The van der Waals surface area contributed by atoms with Crippen molar-refractivity contribution in [2.45, 2.75) is 19.9 Å². The first-order valence-electron chi connectivity index (χ1n) is 6.27. The van der Waals surface area contributed by atoms with Crippen LogP contribution >= 0.6 is 11.3 Å². The van der Waals surface area contributed by atoms with Crippen LogP contribution in [0.25, 0.3) is 11.1 Å². The molecule has 1 unspecified atom stereocenters. The number of thiazole rings is 1. The van der Waals surface area contributed by atoms with E-state index in [9.17, 15) is 10.1 Å². The number of aryl methyl sites for hydroxylation is 1. The number of oxazole rings is 1. The topological polar surface area (TPSA) is 94.1 Å². The second kappa shape index (κ2) is 5.13. The molecule has 0 bridgehead atoms. The van der Waals surface area contributed by atoms with Crippen LogP contribution in [0.1, 0.15) is 22.9 Å². The predicted molar refractivity (Wildman–Crippen MR) is 79.6 cm³/mol. The summed E-state index contributed by atoms with van der Waals surface area (Å²) in [6, 6.07) is 4.62. The van der Waals surface area contributed by atoms with Crippen LogP contribution in [0.2, 0.25) is 0 Å². The van der Waals surface area contributed by atoms with Gasteiger partial charge in [0.15, 0.2) is 5.58 Å². The van der Waals surface area contributed by atoms with E-state index < -0.39 is 4.92 Å². The van der Waals surface area contributed by atoms with Gasteiger partial charge < -0.3 is 9.73 Å². The molecule has 108 valence electrons. The lowest BCUT2D eigenvalue weighted by molar-refractivity contribution is -0.384. The molecule has 0 aliphatic rings. The molecule has 0 fully saturated rings. The van der Waals surface area contributed by atoms with Gasteiger partial charge in [-0.05, 0) is 19.9 Å². The fraction of sp³-hybridized carbons (Fsp3) is 0.231. The predicted octanol–water partition coefficient (Wildman–Crippen LogP) is 3.67. The molecule has 0 aliphatic carbocycles. The number of aromatic nitrogens is 2. The quantitative estimate of drug-likeness (QED) is 0.583. The molecule has 2 aromatic heterocycles. The molecule has 3 aromatic rings. The number of rotatable bonds is 4. The summed E-state index contributed by atoms with van der Waals surface area (Å²) in [5.41, 5.74) is 0.939. The monoisotopic (exact) mass is 304 g/mol. The van der Waals surface area contributed by atoms with Crippen molar-refractivity contribution in [2.24, 2.45) is 0 Å². The Hall–Kier alpha value is -2.48. The molecule has 0 spiro atoms. The van der Waals surface area contributed by atoms with Crippen LogP contribution in [0.15, 0.2) is 28.8 Å². The molecule has 0 saturated carbocycles. The average Bonchev–Trinajstić information content (AvgIpc) is 3.03. The summed E-state index contributed by atoms with van der Waals surface area (Å²) in [6.45, 7) is 3.95. The molecule has 0 saturated heterocycles. The molecule has 0 amide bonds. The second-order valence-corrected chi connectivity index (χ2v) is 5.87. The van der Waals surface area contributed by atoms with E-state index in [1.807, 2.05) is 20.0 Å². The van der Waals surface area contributed by atoms with Gasteiger partial charge in [0.25, 0.3) is 11.7 Å². The molecular formula is C13H12N4O3S. The van der Waals surface area contributed by atoms with Crippen molar-refractivity contribution in [1.82, 2.24) is 9.97 Å². The Morgan fingerprint density at radius 3 is 2.95 bits per heavy atom. The van der Waals surface area contributed by atoms with Crippen molar-refractivity contribution in [3.63, 3.8) is 0 Å². The first-order valence-corrected chi connectivity index (χ1v) is 7.08. The van der Waals surface area contributed by atoms with Gasteiger partial charge in [0.05, 0.1) is 17.0 Å². The lowest BCUT2D eigenvalue weighted by Gasteiger charge is -2.07. The highest BCUT2D eigenvalue weighted by atomic mass is 32.1. The Morgan fingerprint density at radius 2 is 2.29 bits per heavy atom. The summed E-state index contributed by atoms with van der Waals surface area (Å²) in [5, 5.41) is 14.8. The summed E-state index contributed by atoms with van der Waals surface area (Å²) in [4.78, 5) is 20.0. The van der Waals surface area contributed by atoms with Gasteiger partial charge >= 0.3 is 0 Å². The Morgan fingerprint density at radius 1 is 1.48 bits per heavy atom. The zero-order valence-corrected chi connectivity index (χ0v) is 12.2. The Balaban J connectivity index is 1.85. The lowest BCUT2D eigenvalue weighted by Crippen LogP contribution is -2.06. The maximum absolute atomic E-state index is 10.7. The number of fused-ring (bicyclic) bond motifs is 1. The number of non-ortho nitro benzene ring substituents is 1. The number of anilines is 1. The van der Waals surface area contributed by atoms with E-state index in [2.05, 4.69) is 15.3 Å². The zero-order valence-electron chi connectivity index (χ0n) is 11.4. The highest BCUT2D eigenvalue weighted by Crippen LogP contribution is 2.27. The van der Waals surface area contributed by atoms with Gasteiger partial charge in [-0.2, -0.15) is 4.98 Å². The van der Waals surface area contributed by atoms with Crippen molar-refractivity contribution >= 4 is 34.1 Å². The standard InChI is InChI=1S/C13H12N4O3S/c1-7-6-14-12(21-7)8(2)15-13-16-10-4-3-9(17(18)19)5-11(10)20-13/h3-6,8H,1-2H3,(H,15,16). The Kier molecular flexibility index (Phi) is 3.30. The number of benzene rings is 1. The van der Waals surface area contributed by atoms with E-state index >= 15 is 0 Å².